The Morgan fingerprint density at radius 3 is 2.26 bits per heavy atom. The zero-order valence-corrected chi connectivity index (χ0v) is 22.3. The van der Waals surface area contributed by atoms with Crippen LogP contribution >= 0.6 is 0 Å². The average molecular weight is 528 g/mol. The van der Waals surface area contributed by atoms with Crippen molar-refractivity contribution in [1.82, 2.24) is 15.1 Å². The van der Waals surface area contributed by atoms with Crippen molar-refractivity contribution in [3.63, 3.8) is 0 Å². The maximum atomic E-state index is 13.9. The third-order valence-corrected chi connectivity index (χ3v) is 7.64. The van der Waals surface area contributed by atoms with E-state index in [0.717, 1.165) is 11.1 Å². The highest BCUT2D eigenvalue weighted by molar-refractivity contribution is 5.99. The molecule has 3 amide bonds. The quantitative estimate of drug-likeness (QED) is 0.527. The van der Waals surface area contributed by atoms with Gasteiger partial charge in [0, 0.05) is 43.6 Å². The summed E-state index contributed by atoms with van der Waals surface area (Å²) in [6.07, 6.45) is 0.823. The molecule has 0 radical (unpaired) electrons. The van der Waals surface area contributed by atoms with Crippen molar-refractivity contribution in [3.8, 4) is 5.75 Å². The first-order chi connectivity index (χ1) is 18.9. The Kier molecular flexibility index (Phi) is 7.65. The van der Waals surface area contributed by atoms with E-state index in [9.17, 15) is 14.4 Å². The molecule has 1 N–H and O–H groups in total. The molecule has 202 valence electrons. The first kappa shape index (κ1) is 26.4. The number of nitrogens with one attached hydrogen (secondary N) is 1. The van der Waals surface area contributed by atoms with Gasteiger partial charge in [-0.3, -0.25) is 19.3 Å². The Balaban J connectivity index is 1.37. The molecule has 0 unspecified atom stereocenters. The van der Waals surface area contributed by atoms with E-state index < -0.39 is 11.8 Å². The van der Waals surface area contributed by atoms with Crippen molar-refractivity contribution in [2.75, 3.05) is 26.8 Å². The SMILES string of the molecule is COc1ccc(C(=O)N2[C@H](C(=O)NCc3ccccc3)COC23CCN(C(=O)c2ccccc2C)CC3)cc1. The van der Waals surface area contributed by atoms with Crippen molar-refractivity contribution in [2.45, 2.75) is 38.1 Å². The molecule has 2 fully saturated rings. The van der Waals surface area contributed by atoms with E-state index in [1.807, 2.05) is 61.5 Å². The van der Waals surface area contributed by atoms with Gasteiger partial charge in [-0.05, 0) is 48.4 Å². The zero-order valence-electron chi connectivity index (χ0n) is 22.3. The Labute approximate surface area is 228 Å². The van der Waals surface area contributed by atoms with Gasteiger partial charge in [-0.1, -0.05) is 48.5 Å². The minimum absolute atomic E-state index is 0.0360. The molecule has 8 heteroatoms. The Bertz CT molecular complexity index is 1330. The van der Waals surface area contributed by atoms with Gasteiger partial charge in [-0.15, -0.1) is 0 Å². The second kappa shape index (κ2) is 11.3. The van der Waals surface area contributed by atoms with Crippen LogP contribution in [-0.4, -0.2) is 66.1 Å². The van der Waals surface area contributed by atoms with E-state index in [0.29, 0.717) is 49.4 Å². The lowest BCUT2D eigenvalue weighted by atomic mass is 9.95. The molecular weight excluding hydrogens is 494 g/mol. The van der Waals surface area contributed by atoms with E-state index in [2.05, 4.69) is 5.32 Å². The number of piperidine rings is 1. The van der Waals surface area contributed by atoms with Gasteiger partial charge in [0.2, 0.25) is 5.91 Å². The van der Waals surface area contributed by atoms with Gasteiger partial charge >= 0.3 is 0 Å². The van der Waals surface area contributed by atoms with E-state index in [-0.39, 0.29) is 24.3 Å². The summed E-state index contributed by atoms with van der Waals surface area (Å²) in [5, 5.41) is 2.97. The van der Waals surface area contributed by atoms with Crippen LogP contribution in [0, 0.1) is 6.92 Å². The summed E-state index contributed by atoms with van der Waals surface area (Å²) < 4.78 is 11.6. The topological polar surface area (TPSA) is 88.2 Å². The number of hydrogen-bond donors (Lipinski definition) is 1. The van der Waals surface area contributed by atoms with Gasteiger partial charge in [0.15, 0.2) is 0 Å². The number of aryl methyl sites for hydroxylation is 1. The summed E-state index contributed by atoms with van der Waals surface area (Å²) in [7, 11) is 1.57. The molecule has 3 aromatic carbocycles. The monoisotopic (exact) mass is 527 g/mol. The average Bonchev–Trinajstić information content (AvgIpc) is 3.34. The molecule has 2 aliphatic rings. The van der Waals surface area contributed by atoms with Crippen LogP contribution in [0.15, 0.2) is 78.9 Å². The van der Waals surface area contributed by atoms with E-state index in [4.69, 9.17) is 9.47 Å². The zero-order chi connectivity index (χ0) is 27.4. The normalized spacial score (nSPS) is 18.2. The lowest BCUT2D eigenvalue weighted by Crippen LogP contribution is -2.59. The van der Waals surface area contributed by atoms with Crippen molar-refractivity contribution >= 4 is 17.7 Å². The number of rotatable bonds is 6. The second-order valence-electron chi connectivity index (χ2n) is 9.99. The summed E-state index contributed by atoms with van der Waals surface area (Å²) in [5.74, 6) is 0.0509. The summed E-state index contributed by atoms with van der Waals surface area (Å²) in [6.45, 7) is 3.20. The van der Waals surface area contributed by atoms with Crippen LogP contribution in [0.1, 0.15) is 44.7 Å². The number of ether oxygens (including phenoxy) is 2. The second-order valence-corrected chi connectivity index (χ2v) is 9.99. The van der Waals surface area contributed by atoms with Gasteiger partial charge in [0.1, 0.15) is 17.5 Å². The molecule has 0 aromatic heterocycles. The van der Waals surface area contributed by atoms with Crippen molar-refractivity contribution < 1.29 is 23.9 Å². The summed E-state index contributed by atoms with van der Waals surface area (Å²) in [4.78, 5) is 44.0. The van der Waals surface area contributed by atoms with Gasteiger partial charge in [-0.25, -0.2) is 0 Å². The molecule has 3 aromatic rings. The molecule has 2 heterocycles. The third-order valence-electron chi connectivity index (χ3n) is 7.64. The van der Waals surface area contributed by atoms with Crippen LogP contribution < -0.4 is 10.1 Å². The van der Waals surface area contributed by atoms with Crippen LogP contribution in [0.3, 0.4) is 0 Å². The van der Waals surface area contributed by atoms with Gasteiger partial charge < -0.3 is 19.7 Å². The predicted octanol–water partition coefficient (Wildman–Crippen LogP) is 3.79. The van der Waals surface area contributed by atoms with Gasteiger partial charge in [0.25, 0.3) is 11.8 Å². The molecule has 5 rings (SSSR count). The van der Waals surface area contributed by atoms with Gasteiger partial charge in [-0.2, -0.15) is 0 Å². The highest BCUT2D eigenvalue weighted by Crippen LogP contribution is 2.39. The Morgan fingerprint density at radius 1 is 0.923 bits per heavy atom. The molecule has 0 bridgehead atoms. The maximum absolute atomic E-state index is 13.9. The van der Waals surface area contributed by atoms with Crippen LogP contribution in [0.2, 0.25) is 0 Å². The number of methoxy groups -OCH3 is 1. The molecule has 2 aliphatic heterocycles. The summed E-state index contributed by atoms with van der Waals surface area (Å²) in [5.41, 5.74) is 2.03. The first-order valence-corrected chi connectivity index (χ1v) is 13.2. The van der Waals surface area contributed by atoms with Crippen LogP contribution in [-0.2, 0) is 16.1 Å². The van der Waals surface area contributed by atoms with Crippen molar-refractivity contribution in [2.24, 2.45) is 0 Å². The fraction of sp³-hybridized carbons (Fsp3) is 0.323. The number of nitrogens with zero attached hydrogens (tertiary/aromatic N) is 2. The minimum atomic E-state index is -0.978. The molecule has 0 saturated carbocycles. The Hall–Kier alpha value is -4.17. The number of hydrogen-bond acceptors (Lipinski definition) is 5. The molecule has 1 spiro atoms. The summed E-state index contributed by atoms with van der Waals surface area (Å²) in [6, 6.07) is 23.2. The van der Waals surface area contributed by atoms with Crippen molar-refractivity contribution in [3.05, 3.63) is 101 Å². The first-order valence-electron chi connectivity index (χ1n) is 13.2. The minimum Gasteiger partial charge on any atom is -0.497 e. The highest BCUT2D eigenvalue weighted by atomic mass is 16.5. The van der Waals surface area contributed by atoms with E-state index in [1.54, 1.807) is 41.2 Å². The highest BCUT2D eigenvalue weighted by Gasteiger charge is 2.54. The van der Waals surface area contributed by atoms with Crippen molar-refractivity contribution in [1.29, 1.82) is 0 Å². The summed E-state index contributed by atoms with van der Waals surface area (Å²) >= 11 is 0. The largest absolute Gasteiger partial charge is 0.497 e. The van der Waals surface area contributed by atoms with Crippen LogP contribution in [0.5, 0.6) is 5.75 Å². The fourth-order valence-corrected chi connectivity index (χ4v) is 5.38. The number of amides is 3. The van der Waals surface area contributed by atoms with E-state index >= 15 is 0 Å². The molecule has 1 atom stereocenters. The third kappa shape index (κ3) is 5.38. The molecule has 2 saturated heterocycles. The fourth-order valence-electron chi connectivity index (χ4n) is 5.38. The number of carbonyl (C=O) groups excluding carboxylic acids is 3. The number of carbonyl (C=O) groups is 3. The molecular formula is C31H33N3O5. The van der Waals surface area contributed by atoms with E-state index in [1.165, 1.54) is 0 Å². The molecule has 8 nitrogen and oxygen atoms in total. The number of likely N-dealkylation sites (tertiary alicyclic amines) is 1. The lowest BCUT2D eigenvalue weighted by Gasteiger charge is -2.44. The maximum Gasteiger partial charge on any atom is 0.256 e. The standard InChI is InChI=1S/C31H33N3O5/c1-22-8-6-7-11-26(22)30(37)33-18-16-31(17-19-33)34(29(36)24-12-14-25(38-2)15-13-24)27(21-39-31)28(35)32-20-23-9-4-3-5-10-23/h3-15,27H,16-21H2,1-2H3,(H,32,35)/t27-/m0/s1. The smallest absolute Gasteiger partial charge is 0.256 e. The number of benzene rings is 3. The van der Waals surface area contributed by atoms with Gasteiger partial charge in [0.05, 0.1) is 13.7 Å². The lowest BCUT2D eigenvalue weighted by molar-refractivity contribution is -0.128. The molecule has 0 aliphatic carbocycles. The predicted molar refractivity (Wildman–Crippen MR) is 146 cm³/mol. The van der Waals surface area contributed by atoms with Crippen LogP contribution in [0.4, 0.5) is 0 Å². The van der Waals surface area contributed by atoms with Crippen LogP contribution in [0.25, 0.3) is 0 Å². The Morgan fingerprint density at radius 2 is 1.59 bits per heavy atom. The molecule has 39 heavy (non-hydrogen) atoms.